The predicted molar refractivity (Wildman–Crippen MR) is 64.0 cm³/mol. The van der Waals surface area contributed by atoms with Gasteiger partial charge in [0.25, 0.3) is 0 Å². The molecule has 0 saturated heterocycles. The fraction of sp³-hybridized carbons (Fsp3) is 0.333. The Labute approximate surface area is 97.6 Å². The lowest BCUT2D eigenvalue weighted by molar-refractivity contribution is 0.415. The van der Waals surface area contributed by atoms with Gasteiger partial charge < -0.3 is 15.5 Å². The second-order valence-electron chi connectivity index (χ2n) is 4.46. The number of hydrogen-bond donors (Lipinski definition) is 2. The van der Waals surface area contributed by atoms with Crippen LogP contribution in [0.5, 0.6) is 5.75 Å². The molecule has 88 valence electrons. The molecular weight excluding hydrogens is 218 g/mol. The number of aromatic amines is 1. The molecule has 1 aromatic heterocycles. The Morgan fingerprint density at radius 1 is 1.47 bits per heavy atom. The van der Waals surface area contributed by atoms with E-state index < -0.39 is 5.54 Å². The highest BCUT2D eigenvalue weighted by Crippen LogP contribution is 2.43. The molecule has 1 aliphatic carbocycles. The van der Waals surface area contributed by atoms with Gasteiger partial charge in [0.2, 0.25) is 0 Å². The summed E-state index contributed by atoms with van der Waals surface area (Å²) in [4.78, 5) is 18.2. The van der Waals surface area contributed by atoms with E-state index in [2.05, 4.69) is 9.97 Å². The Morgan fingerprint density at radius 3 is 2.88 bits per heavy atom. The number of ether oxygens (including phenoxy) is 1. The van der Waals surface area contributed by atoms with E-state index >= 15 is 0 Å². The molecule has 0 unspecified atom stereocenters. The van der Waals surface area contributed by atoms with Crippen molar-refractivity contribution in [3.8, 4) is 5.75 Å². The Balaban J connectivity index is 2.34. The number of nitrogens with two attached hydrogens (primary N) is 1. The van der Waals surface area contributed by atoms with Gasteiger partial charge >= 0.3 is 5.69 Å². The molecule has 5 heteroatoms. The first-order valence-corrected chi connectivity index (χ1v) is 5.50. The third-order valence-corrected chi connectivity index (χ3v) is 3.21. The second kappa shape index (κ2) is 3.30. The summed E-state index contributed by atoms with van der Waals surface area (Å²) in [7, 11) is 1.61. The molecule has 2 aromatic rings. The quantitative estimate of drug-likeness (QED) is 0.803. The minimum Gasteiger partial charge on any atom is -0.497 e. The van der Waals surface area contributed by atoms with Crippen LogP contribution in [0, 0.1) is 0 Å². The van der Waals surface area contributed by atoms with E-state index in [1.807, 2.05) is 6.07 Å². The first kappa shape index (κ1) is 10.3. The van der Waals surface area contributed by atoms with Crippen molar-refractivity contribution >= 4 is 10.9 Å². The highest BCUT2D eigenvalue weighted by atomic mass is 16.5. The first-order chi connectivity index (χ1) is 8.12. The van der Waals surface area contributed by atoms with Gasteiger partial charge in [0.1, 0.15) is 5.75 Å². The maximum absolute atomic E-state index is 11.5. The van der Waals surface area contributed by atoms with Crippen molar-refractivity contribution in [2.45, 2.75) is 18.4 Å². The average molecular weight is 231 g/mol. The van der Waals surface area contributed by atoms with Crippen molar-refractivity contribution in [1.29, 1.82) is 0 Å². The molecule has 0 amide bonds. The Kier molecular flexibility index (Phi) is 2.00. The third kappa shape index (κ3) is 1.59. The van der Waals surface area contributed by atoms with Gasteiger partial charge in [-0.1, -0.05) is 0 Å². The fourth-order valence-electron chi connectivity index (χ4n) is 2.03. The van der Waals surface area contributed by atoms with E-state index in [1.165, 1.54) is 0 Å². The summed E-state index contributed by atoms with van der Waals surface area (Å²) < 4.78 is 5.18. The van der Waals surface area contributed by atoms with Crippen molar-refractivity contribution in [3.63, 3.8) is 0 Å². The van der Waals surface area contributed by atoms with E-state index in [0.717, 1.165) is 29.7 Å². The third-order valence-electron chi connectivity index (χ3n) is 3.21. The molecule has 5 nitrogen and oxygen atoms in total. The molecule has 1 saturated carbocycles. The van der Waals surface area contributed by atoms with Crippen molar-refractivity contribution in [3.05, 3.63) is 34.4 Å². The van der Waals surface area contributed by atoms with Crippen molar-refractivity contribution in [2.24, 2.45) is 5.73 Å². The van der Waals surface area contributed by atoms with Gasteiger partial charge in [-0.25, -0.2) is 4.79 Å². The summed E-state index contributed by atoms with van der Waals surface area (Å²) in [5.74, 6) is 0.733. The molecule has 1 aromatic carbocycles. The summed E-state index contributed by atoms with van der Waals surface area (Å²) in [6.07, 6.45) is 1.78. The van der Waals surface area contributed by atoms with Crippen molar-refractivity contribution < 1.29 is 4.74 Å². The van der Waals surface area contributed by atoms with Crippen LogP contribution >= 0.6 is 0 Å². The van der Waals surface area contributed by atoms with Crippen LogP contribution in [0.3, 0.4) is 0 Å². The lowest BCUT2D eigenvalue weighted by atomic mass is 10.1. The Morgan fingerprint density at radius 2 is 2.24 bits per heavy atom. The molecule has 1 aliphatic rings. The molecule has 17 heavy (non-hydrogen) atoms. The Hall–Kier alpha value is -1.88. The predicted octanol–water partition coefficient (Wildman–Crippen LogP) is 0.879. The van der Waals surface area contributed by atoms with Crippen LogP contribution < -0.4 is 16.2 Å². The standard InChI is InChI=1S/C12H13N3O2/c1-17-7-2-3-9-8(6-7)10(12(13)4-5-12)15-11(16)14-9/h2-3,6H,4-5,13H2,1H3,(H,14,15,16). The van der Waals surface area contributed by atoms with Gasteiger partial charge in [-0.2, -0.15) is 4.98 Å². The minimum atomic E-state index is -0.396. The molecule has 0 spiro atoms. The maximum Gasteiger partial charge on any atom is 0.345 e. The topological polar surface area (TPSA) is 81.0 Å². The van der Waals surface area contributed by atoms with E-state index in [1.54, 1.807) is 19.2 Å². The van der Waals surface area contributed by atoms with E-state index in [4.69, 9.17) is 10.5 Å². The number of H-pyrrole nitrogens is 1. The Bertz CT molecular complexity index is 644. The van der Waals surface area contributed by atoms with Crippen molar-refractivity contribution in [1.82, 2.24) is 9.97 Å². The summed E-state index contributed by atoms with van der Waals surface area (Å²) in [5.41, 5.74) is 6.83. The molecule has 3 N–H and O–H groups in total. The average Bonchev–Trinajstić information content (AvgIpc) is 3.07. The monoisotopic (exact) mass is 231 g/mol. The van der Waals surface area contributed by atoms with Gasteiger partial charge in [0.15, 0.2) is 0 Å². The van der Waals surface area contributed by atoms with Crippen LogP contribution in [0.4, 0.5) is 0 Å². The fourth-order valence-corrected chi connectivity index (χ4v) is 2.03. The summed E-state index contributed by atoms with van der Waals surface area (Å²) in [6, 6.07) is 5.42. The van der Waals surface area contributed by atoms with Gasteiger partial charge in [0, 0.05) is 11.1 Å². The van der Waals surface area contributed by atoms with Crippen molar-refractivity contribution in [2.75, 3.05) is 7.11 Å². The number of hydrogen-bond acceptors (Lipinski definition) is 4. The van der Waals surface area contributed by atoms with Crippen LogP contribution in [0.1, 0.15) is 18.5 Å². The number of methoxy groups -OCH3 is 1. The number of rotatable bonds is 2. The molecule has 0 radical (unpaired) electrons. The van der Waals surface area contributed by atoms with E-state index in [-0.39, 0.29) is 5.69 Å². The van der Waals surface area contributed by atoms with Crippen LogP contribution in [-0.2, 0) is 5.54 Å². The maximum atomic E-state index is 11.5. The highest BCUT2D eigenvalue weighted by Gasteiger charge is 2.42. The molecule has 0 bridgehead atoms. The number of benzene rings is 1. The molecule has 3 rings (SSSR count). The number of fused-ring (bicyclic) bond motifs is 1. The number of nitrogens with zero attached hydrogens (tertiary/aromatic N) is 1. The zero-order valence-electron chi connectivity index (χ0n) is 9.49. The summed E-state index contributed by atoms with van der Waals surface area (Å²) in [5, 5.41) is 0.865. The zero-order chi connectivity index (χ0) is 12.0. The van der Waals surface area contributed by atoms with Crippen LogP contribution in [-0.4, -0.2) is 17.1 Å². The molecule has 0 atom stereocenters. The lowest BCUT2D eigenvalue weighted by Crippen LogP contribution is -2.25. The van der Waals surface area contributed by atoms with Crippen LogP contribution in [0.15, 0.2) is 23.0 Å². The second-order valence-corrected chi connectivity index (χ2v) is 4.46. The lowest BCUT2D eigenvalue weighted by Gasteiger charge is -2.12. The smallest absolute Gasteiger partial charge is 0.345 e. The highest BCUT2D eigenvalue weighted by molar-refractivity contribution is 5.83. The minimum absolute atomic E-state index is 0.352. The van der Waals surface area contributed by atoms with Gasteiger partial charge in [-0.05, 0) is 31.0 Å². The molecule has 1 heterocycles. The largest absolute Gasteiger partial charge is 0.497 e. The van der Waals surface area contributed by atoms with Gasteiger partial charge in [0.05, 0.1) is 18.2 Å². The summed E-state index contributed by atoms with van der Waals surface area (Å²) >= 11 is 0. The summed E-state index contributed by atoms with van der Waals surface area (Å²) in [6.45, 7) is 0. The normalized spacial score (nSPS) is 17.1. The zero-order valence-corrected chi connectivity index (χ0v) is 9.49. The number of aromatic nitrogens is 2. The van der Waals surface area contributed by atoms with E-state index in [9.17, 15) is 4.79 Å². The van der Waals surface area contributed by atoms with Crippen LogP contribution in [0.25, 0.3) is 10.9 Å². The molecule has 1 fully saturated rings. The number of nitrogens with one attached hydrogen (secondary N) is 1. The SMILES string of the molecule is COc1ccc2nc(=O)[nH]c(C3(N)CC3)c2c1. The molecular formula is C12H13N3O2. The van der Waals surface area contributed by atoms with Gasteiger partial charge in [-0.3, -0.25) is 0 Å². The first-order valence-electron chi connectivity index (χ1n) is 5.50. The van der Waals surface area contributed by atoms with E-state index in [0.29, 0.717) is 5.52 Å². The van der Waals surface area contributed by atoms with Crippen LogP contribution in [0.2, 0.25) is 0 Å². The van der Waals surface area contributed by atoms with Gasteiger partial charge in [-0.15, -0.1) is 0 Å². The molecule has 0 aliphatic heterocycles.